The molecule has 4 aromatic rings. The van der Waals surface area contributed by atoms with Crippen LogP contribution < -0.4 is 14.6 Å². The van der Waals surface area contributed by atoms with Gasteiger partial charge in [-0.3, -0.25) is 0 Å². The first kappa shape index (κ1) is 40.8. The number of thiophene rings is 1. The summed E-state index contributed by atoms with van der Waals surface area (Å²) >= 11 is 2.06. The van der Waals surface area contributed by atoms with Gasteiger partial charge in [0, 0.05) is 43.3 Å². The van der Waals surface area contributed by atoms with Crippen LogP contribution in [0.15, 0.2) is 114 Å². The van der Waals surface area contributed by atoms with Crippen LogP contribution in [0, 0.1) is 31.1 Å². The van der Waals surface area contributed by atoms with E-state index in [1.54, 1.807) is 0 Å². The van der Waals surface area contributed by atoms with Gasteiger partial charge in [0.05, 0.1) is 5.69 Å². The first-order valence-electron chi connectivity index (χ1n) is 22.0. The van der Waals surface area contributed by atoms with Gasteiger partial charge in [-0.1, -0.05) is 130 Å². The predicted octanol–water partition coefficient (Wildman–Crippen LogP) is 14.9. The topological polar surface area (TPSA) is 6.48 Å². The van der Waals surface area contributed by atoms with Crippen molar-refractivity contribution in [3.8, 4) is 0 Å². The minimum atomic E-state index is 0.0658. The van der Waals surface area contributed by atoms with Gasteiger partial charge in [-0.05, 0) is 143 Å². The fourth-order valence-electron chi connectivity index (χ4n) is 10.4. The molecular weight excluding hydrogens is 719 g/mol. The van der Waals surface area contributed by atoms with Crippen LogP contribution in [0.2, 0.25) is 0 Å². The van der Waals surface area contributed by atoms with E-state index in [0.29, 0.717) is 11.8 Å². The summed E-state index contributed by atoms with van der Waals surface area (Å²) in [5.41, 5.74) is 18.4. The fourth-order valence-corrected chi connectivity index (χ4v) is 11.8. The zero-order valence-electron chi connectivity index (χ0n) is 38.1. The lowest BCUT2D eigenvalue weighted by Crippen LogP contribution is -2.50. The molecule has 302 valence electrons. The van der Waals surface area contributed by atoms with Gasteiger partial charge in [0.1, 0.15) is 0 Å². The summed E-state index contributed by atoms with van der Waals surface area (Å²) < 4.78 is 2.89. The second-order valence-electron chi connectivity index (χ2n) is 21.7. The Balaban J connectivity index is 1.51. The lowest BCUT2D eigenvalue weighted by atomic mass is 9.34. The zero-order valence-corrected chi connectivity index (χ0v) is 38.9. The van der Waals surface area contributed by atoms with Crippen molar-refractivity contribution in [2.45, 2.75) is 139 Å². The van der Waals surface area contributed by atoms with Crippen LogP contribution in [0.25, 0.3) is 10.1 Å². The molecule has 2 aliphatic heterocycles. The number of hydrogen-bond acceptors (Lipinski definition) is 3. The molecule has 1 aromatic heterocycles. The monoisotopic (exact) mass is 787 g/mol. The summed E-state index contributed by atoms with van der Waals surface area (Å²) in [6.07, 6.45) is 14.1. The summed E-state index contributed by atoms with van der Waals surface area (Å²) in [6.45, 7) is 37.7. The van der Waals surface area contributed by atoms with E-state index in [-0.39, 0.29) is 28.4 Å². The maximum absolute atomic E-state index is 4.21. The third-order valence-electron chi connectivity index (χ3n) is 14.2. The molecule has 0 fully saturated rings. The highest BCUT2D eigenvalue weighted by atomic mass is 32.1. The van der Waals surface area contributed by atoms with Gasteiger partial charge in [-0.2, -0.15) is 0 Å². The summed E-state index contributed by atoms with van der Waals surface area (Å²) in [5, 5.41) is 1.40. The van der Waals surface area contributed by atoms with Crippen molar-refractivity contribution in [3.63, 3.8) is 0 Å². The smallest absolute Gasteiger partial charge is 0.263 e. The van der Waals surface area contributed by atoms with E-state index in [0.717, 1.165) is 12.8 Å². The molecule has 2 aliphatic carbocycles. The van der Waals surface area contributed by atoms with Crippen molar-refractivity contribution in [3.05, 3.63) is 141 Å². The highest BCUT2D eigenvalue weighted by Gasteiger charge is 2.49. The van der Waals surface area contributed by atoms with E-state index < -0.39 is 0 Å². The van der Waals surface area contributed by atoms with Crippen LogP contribution in [0.4, 0.5) is 17.1 Å². The van der Waals surface area contributed by atoms with E-state index in [1.807, 2.05) is 0 Å². The Bertz CT molecular complexity index is 2450. The maximum atomic E-state index is 4.21. The average Bonchev–Trinajstić information content (AvgIpc) is 3.51. The van der Waals surface area contributed by atoms with Gasteiger partial charge < -0.3 is 9.80 Å². The number of aryl methyl sites for hydroxylation is 2. The van der Waals surface area contributed by atoms with Gasteiger partial charge in [-0.15, -0.1) is 17.9 Å². The number of hydrogen-bond donors (Lipinski definition) is 0. The highest BCUT2D eigenvalue weighted by molar-refractivity contribution is 7.32. The number of rotatable bonds is 5. The van der Waals surface area contributed by atoms with E-state index >= 15 is 0 Å². The molecule has 0 bridgehead atoms. The number of anilines is 3. The molecule has 0 spiro atoms. The van der Waals surface area contributed by atoms with Gasteiger partial charge >= 0.3 is 0 Å². The largest absolute Gasteiger partial charge is 0.319 e. The molecule has 0 N–H and O–H groups in total. The van der Waals surface area contributed by atoms with Crippen molar-refractivity contribution in [2.24, 2.45) is 17.3 Å². The number of allylic oxidation sites excluding steroid dienone is 8. The molecule has 0 amide bonds. The van der Waals surface area contributed by atoms with Gasteiger partial charge in [0.15, 0.2) is 0 Å². The Morgan fingerprint density at radius 1 is 0.879 bits per heavy atom. The molecule has 2 atom stereocenters. The third-order valence-corrected chi connectivity index (χ3v) is 15.4. The van der Waals surface area contributed by atoms with E-state index in [1.165, 1.54) is 101 Å². The Morgan fingerprint density at radius 2 is 1.53 bits per heavy atom. The summed E-state index contributed by atoms with van der Waals surface area (Å²) in [7, 11) is 0. The van der Waals surface area contributed by atoms with Crippen molar-refractivity contribution in [2.75, 3.05) is 9.80 Å². The predicted molar refractivity (Wildman–Crippen MR) is 257 cm³/mol. The lowest BCUT2D eigenvalue weighted by Gasteiger charge is -2.47. The molecule has 0 saturated carbocycles. The SMILES string of the molecule is C=CCC(C)/C=C1\C2=C(C)N(c3ccc(C)cc3C)C3=C(C=CC(C(C)(C)C)C3)B2c2sc3cc4c(cc3c2N1c1ccc(C(C)(C)C)cc1)C(C)(C)CCC4(C)C. The molecular formula is C54H67BN2S. The van der Waals surface area contributed by atoms with Crippen LogP contribution in [-0.2, 0) is 16.2 Å². The van der Waals surface area contributed by atoms with Crippen molar-refractivity contribution < 1.29 is 0 Å². The van der Waals surface area contributed by atoms with E-state index in [4.69, 9.17) is 0 Å². The Hall–Kier alpha value is -4.02. The first-order chi connectivity index (χ1) is 27.1. The standard InChI is InChI=1S/C54H67BN2S/c1-16-17-33(2)29-46-48-36(5)56(44-25-18-34(3)28-35(44)4)45-30-38(52(9,10)11)21-24-43(45)55(48)50-49(57(46)39-22-19-37(20-23-39)51(6,7)8)40-31-41-42(32-47(40)58-50)54(14,15)27-26-53(41,12)13/h16,18-25,28-29,31-33,38H,1,17,26-27,30H2,2-15H3/b46-29+. The molecule has 0 radical (unpaired) electrons. The number of fused-ring (bicyclic) bond motifs is 7. The molecule has 2 nitrogen and oxygen atoms in total. The van der Waals surface area contributed by atoms with Crippen LogP contribution in [0.5, 0.6) is 0 Å². The van der Waals surface area contributed by atoms with Gasteiger partial charge in [0.25, 0.3) is 6.71 Å². The molecule has 0 saturated heterocycles. The summed E-state index contributed by atoms with van der Waals surface area (Å²) in [6, 6.07) is 21.8. The molecule has 4 heteroatoms. The molecule has 2 unspecified atom stereocenters. The summed E-state index contributed by atoms with van der Waals surface area (Å²) in [5.74, 6) is 0.747. The van der Waals surface area contributed by atoms with Crippen LogP contribution in [-0.4, -0.2) is 6.71 Å². The molecule has 58 heavy (non-hydrogen) atoms. The molecule has 3 heterocycles. The molecule has 3 aromatic carbocycles. The normalized spacial score (nSPS) is 21.3. The second kappa shape index (κ2) is 14.0. The van der Waals surface area contributed by atoms with Crippen LogP contribution >= 0.6 is 11.3 Å². The third kappa shape index (κ3) is 6.70. The Kier molecular flexibility index (Phi) is 9.87. The van der Waals surface area contributed by atoms with Crippen LogP contribution in [0.3, 0.4) is 0 Å². The Labute approximate surface area is 355 Å². The first-order valence-corrected chi connectivity index (χ1v) is 22.8. The van der Waals surface area contributed by atoms with Crippen molar-refractivity contribution in [1.29, 1.82) is 0 Å². The van der Waals surface area contributed by atoms with Crippen molar-refractivity contribution in [1.82, 2.24) is 0 Å². The van der Waals surface area contributed by atoms with E-state index in [2.05, 4.69) is 204 Å². The minimum Gasteiger partial charge on any atom is -0.319 e. The average molecular weight is 787 g/mol. The second-order valence-corrected chi connectivity index (χ2v) is 22.7. The maximum Gasteiger partial charge on any atom is 0.263 e. The van der Waals surface area contributed by atoms with E-state index in [9.17, 15) is 0 Å². The van der Waals surface area contributed by atoms with Gasteiger partial charge in [-0.25, -0.2) is 0 Å². The fraction of sp³-hybridized carbons (Fsp3) is 0.444. The Morgan fingerprint density at radius 3 is 2.14 bits per heavy atom. The molecule has 8 rings (SSSR count). The minimum absolute atomic E-state index is 0.0658. The highest BCUT2D eigenvalue weighted by Crippen LogP contribution is 2.55. The lowest BCUT2D eigenvalue weighted by molar-refractivity contribution is 0.287. The van der Waals surface area contributed by atoms with Crippen molar-refractivity contribution >= 4 is 50.0 Å². The summed E-state index contributed by atoms with van der Waals surface area (Å²) in [4.78, 5) is 5.35. The van der Waals surface area contributed by atoms with Crippen LogP contribution in [0.1, 0.15) is 137 Å². The van der Waals surface area contributed by atoms with Gasteiger partial charge in [0.2, 0.25) is 0 Å². The molecule has 4 aliphatic rings. The number of benzene rings is 3. The zero-order chi connectivity index (χ0) is 41.9. The number of nitrogens with zero attached hydrogens (tertiary/aromatic N) is 2. The quantitative estimate of drug-likeness (QED) is 0.147.